The zero-order chi connectivity index (χ0) is 9.26. The highest BCUT2D eigenvalue weighted by molar-refractivity contribution is 5.81. The standard InChI is InChI=1S/C10H15NO2/c12-7-9-6-5-8-3-1-2-4-10(13)11(8)9/h7-9H,1-6H2/t8-,9-/m0/s1. The van der Waals surface area contributed by atoms with Gasteiger partial charge in [0.15, 0.2) is 0 Å². The summed E-state index contributed by atoms with van der Waals surface area (Å²) >= 11 is 0. The number of carbonyl (C=O) groups is 2. The van der Waals surface area contributed by atoms with Crippen molar-refractivity contribution < 1.29 is 9.59 Å². The Kier molecular flexibility index (Phi) is 2.34. The normalized spacial score (nSPS) is 34.2. The van der Waals surface area contributed by atoms with Crippen molar-refractivity contribution in [3.05, 3.63) is 0 Å². The van der Waals surface area contributed by atoms with Gasteiger partial charge in [-0.1, -0.05) is 6.42 Å². The first kappa shape index (κ1) is 8.73. The van der Waals surface area contributed by atoms with Gasteiger partial charge in [0.2, 0.25) is 5.91 Å². The summed E-state index contributed by atoms with van der Waals surface area (Å²) in [5.74, 6) is 0.192. The summed E-state index contributed by atoms with van der Waals surface area (Å²) in [6, 6.07) is 0.251. The van der Waals surface area contributed by atoms with E-state index >= 15 is 0 Å². The quantitative estimate of drug-likeness (QED) is 0.568. The van der Waals surface area contributed by atoms with Crippen molar-refractivity contribution in [3.8, 4) is 0 Å². The smallest absolute Gasteiger partial charge is 0.223 e. The summed E-state index contributed by atoms with van der Waals surface area (Å²) in [5, 5.41) is 0. The van der Waals surface area contributed by atoms with Gasteiger partial charge in [0.25, 0.3) is 0 Å². The number of carbonyl (C=O) groups excluding carboxylic acids is 2. The summed E-state index contributed by atoms with van der Waals surface area (Å²) in [7, 11) is 0. The van der Waals surface area contributed by atoms with E-state index in [1.165, 1.54) is 0 Å². The molecule has 0 unspecified atom stereocenters. The van der Waals surface area contributed by atoms with E-state index in [2.05, 4.69) is 0 Å². The van der Waals surface area contributed by atoms with Crippen molar-refractivity contribution in [2.75, 3.05) is 0 Å². The van der Waals surface area contributed by atoms with Gasteiger partial charge in [0.05, 0.1) is 6.04 Å². The SMILES string of the molecule is O=C[C@@H]1CC[C@@H]2CCCCC(=O)N21. The molecule has 13 heavy (non-hydrogen) atoms. The molecular formula is C10H15NO2. The highest BCUT2D eigenvalue weighted by atomic mass is 16.2. The first-order chi connectivity index (χ1) is 6.33. The van der Waals surface area contributed by atoms with Gasteiger partial charge in [-0.2, -0.15) is 0 Å². The molecular weight excluding hydrogens is 166 g/mol. The van der Waals surface area contributed by atoms with Crippen LogP contribution in [0.25, 0.3) is 0 Å². The fourth-order valence-electron chi connectivity index (χ4n) is 2.50. The van der Waals surface area contributed by atoms with Crippen molar-refractivity contribution in [1.29, 1.82) is 0 Å². The minimum Gasteiger partial charge on any atom is -0.330 e. The lowest BCUT2D eigenvalue weighted by atomic mass is 10.1. The number of hydrogen-bond donors (Lipinski definition) is 0. The summed E-state index contributed by atoms with van der Waals surface area (Å²) in [4.78, 5) is 24.2. The number of hydrogen-bond acceptors (Lipinski definition) is 2. The molecule has 2 heterocycles. The highest BCUT2D eigenvalue weighted by Crippen LogP contribution is 2.30. The highest BCUT2D eigenvalue weighted by Gasteiger charge is 2.37. The van der Waals surface area contributed by atoms with E-state index < -0.39 is 0 Å². The third-order valence-corrected chi connectivity index (χ3v) is 3.17. The molecule has 0 aromatic rings. The number of aldehydes is 1. The fraction of sp³-hybridized carbons (Fsp3) is 0.800. The Hall–Kier alpha value is -0.860. The maximum absolute atomic E-state index is 11.6. The third-order valence-electron chi connectivity index (χ3n) is 3.17. The summed E-state index contributed by atoms with van der Waals surface area (Å²) in [5.41, 5.74) is 0. The van der Waals surface area contributed by atoms with E-state index in [1.54, 1.807) is 0 Å². The van der Waals surface area contributed by atoms with Crippen molar-refractivity contribution in [3.63, 3.8) is 0 Å². The van der Waals surface area contributed by atoms with Crippen LogP contribution in [0.15, 0.2) is 0 Å². The van der Waals surface area contributed by atoms with Gasteiger partial charge in [-0.15, -0.1) is 0 Å². The molecule has 3 heteroatoms. The van der Waals surface area contributed by atoms with Crippen LogP contribution >= 0.6 is 0 Å². The average Bonchev–Trinajstić information content (AvgIpc) is 2.47. The van der Waals surface area contributed by atoms with Crippen molar-refractivity contribution in [2.24, 2.45) is 0 Å². The van der Waals surface area contributed by atoms with E-state index in [9.17, 15) is 9.59 Å². The van der Waals surface area contributed by atoms with Gasteiger partial charge in [-0.05, 0) is 25.7 Å². The van der Waals surface area contributed by atoms with E-state index in [-0.39, 0.29) is 11.9 Å². The molecule has 0 N–H and O–H groups in total. The first-order valence-electron chi connectivity index (χ1n) is 5.09. The topological polar surface area (TPSA) is 37.4 Å². The Bertz CT molecular complexity index is 227. The maximum Gasteiger partial charge on any atom is 0.223 e. The molecule has 0 aromatic carbocycles. The Morgan fingerprint density at radius 2 is 2.08 bits per heavy atom. The zero-order valence-electron chi connectivity index (χ0n) is 7.74. The zero-order valence-corrected chi connectivity index (χ0v) is 7.74. The van der Waals surface area contributed by atoms with Crippen LogP contribution in [0, 0.1) is 0 Å². The van der Waals surface area contributed by atoms with E-state index in [0.29, 0.717) is 12.5 Å². The lowest BCUT2D eigenvalue weighted by Gasteiger charge is -2.25. The van der Waals surface area contributed by atoms with Crippen molar-refractivity contribution in [2.45, 2.75) is 50.6 Å². The molecule has 0 bridgehead atoms. The van der Waals surface area contributed by atoms with Gasteiger partial charge >= 0.3 is 0 Å². The van der Waals surface area contributed by atoms with Gasteiger partial charge in [0.1, 0.15) is 6.29 Å². The molecule has 2 fully saturated rings. The van der Waals surface area contributed by atoms with Crippen LogP contribution < -0.4 is 0 Å². The molecule has 2 saturated heterocycles. The van der Waals surface area contributed by atoms with Crippen molar-refractivity contribution in [1.82, 2.24) is 4.90 Å². The van der Waals surface area contributed by atoms with Crippen LogP contribution in [0.4, 0.5) is 0 Å². The predicted octanol–water partition coefficient (Wildman–Crippen LogP) is 1.12. The predicted molar refractivity (Wildman–Crippen MR) is 48.2 cm³/mol. The monoisotopic (exact) mass is 181 g/mol. The molecule has 2 aliphatic heterocycles. The maximum atomic E-state index is 11.6. The summed E-state index contributed by atoms with van der Waals surface area (Å²) in [6.07, 6.45) is 6.70. The molecule has 2 rings (SSSR count). The molecule has 2 aliphatic rings. The number of rotatable bonds is 1. The Labute approximate surface area is 78.1 Å². The number of fused-ring (bicyclic) bond motifs is 1. The van der Waals surface area contributed by atoms with Crippen molar-refractivity contribution >= 4 is 12.2 Å². The van der Waals surface area contributed by atoms with Gasteiger partial charge < -0.3 is 9.69 Å². The van der Waals surface area contributed by atoms with Crippen LogP contribution in [0.1, 0.15) is 38.5 Å². The fourth-order valence-corrected chi connectivity index (χ4v) is 2.50. The first-order valence-corrected chi connectivity index (χ1v) is 5.09. The second kappa shape index (κ2) is 3.48. The Morgan fingerprint density at radius 3 is 2.85 bits per heavy atom. The van der Waals surface area contributed by atoms with Gasteiger partial charge in [-0.25, -0.2) is 0 Å². The van der Waals surface area contributed by atoms with Crippen LogP contribution in [0.3, 0.4) is 0 Å². The molecule has 3 nitrogen and oxygen atoms in total. The van der Waals surface area contributed by atoms with Gasteiger partial charge in [-0.3, -0.25) is 4.79 Å². The lowest BCUT2D eigenvalue weighted by Crippen LogP contribution is -2.40. The summed E-state index contributed by atoms with van der Waals surface area (Å²) in [6.45, 7) is 0. The molecule has 0 radical (unpaired) electrons. The second-order valence-corrected chi connectivity index (χ2v) is 3.98. The molecule has 0 saturated carbocycles. The minimum absolute atomic E-state index is 0.115. The van der Waals surface area contributed by atoms with E-state index in [4.69, 9.17) is 0 Å². The van der Waals surface area contributed by atoms with Crippen LogP contribution in [-0.2, 0) is 9.59 Å². The second-order valence-electron chi connectivity index (χ2n) is 3.98. The van der Waals surface area contributed by atoms with Crippen LogP contribution in [0.2, 0.25) is 0 Å². The number of nitrogens with zero attached hydrogens (tertiary/aromatic N) is 1. The Morgan fingerprint density at radius 1 is 1.23 bits per heavy atom. The molecule has 72 valence electrons. The lowest BCUT2D eigenvalue weighted by molar-refractivity contribution is -0.135. The third kappa shape index (κ3) is 1.47. The molecule has 2 atom stereocenters. The number of amides is 1. The minimum atomic E-state index is -0.115. The van der Waals surface area contributed by atoms with Crippen LogP contribution in [0.5, 0.6) is 0 Å². The molecule has 0 aliphatic carbocycles. The Balaban J connectivity index is 2.17. The molecule has 0 spiro atoms. The van der Waals surface area contributed by atoms with Crippen LogP contribution in [-0.4, -0.2) is 29.2 Å². The van der Waals surface area contributed by atoms with Gasteiger partial charge in [0, 0.05) is 12.5 Å². The summed E-state index contributed by atoms with van der Waals surface area (Å²) < 4.78 is 0. The average molecular weight is 181 g/mol. The molecule has 1 amide bonds. The van der Waals surface area contributed by atoms with E-state index in [1.807, 2.05) is 4.90 Å². The van der Waals surface area contributed by atoms with E-state index in [0.717, 1.165) is 38.4 Å². The molecule has 0 aromatic heterocycles. The largest absolute Gasteiger partial charge is 0.330 e.